The molecule has 0 atom stereocenters. The molecule has 1 aromatic carbocycles. The highest BCUT2D eigenvalue weighted by atomic mass is 32.2. The summed E-state index contributed by atoms with van der Waals surface area (Å²) < 4.78 is 45.5. The fraction of sp³-hybridized carbons (Fsp3) is 0.533. The van der Waals surface area contributed by atoms with Gasteiger partial charge >= 0.3 is 0 Å². The van der Waals surface area contributed by atoms with E-state index in [1.54, 1.807) is 6.07 Å². The van der Waals surface area contributed by atoms with Gasteiger partial charge in [-0.1, -0.05) is 12.8 Å². The molecule has 0 bridgehead atoms. The number of hydrogen-bond acceptors (Lipinski definition) is 4. The highest BCUT2D eigenvalue weighted by molar-refractivity contribution is 7.89. The van der Waals surface area contributed by atoms with Crippen LogP contribution >= 0.6 is 0 Å². The number of ether oxygens (including phenoxy) is 1. The Labute approximate surface area is 130 Å². The summed E-state index contributed by atoms with van der Waals surface area (Å²) in [6.45, 7) is 0.546. The van der Waals surface area contributed by atoms with Gasteiger partial charge in [0.2, 0.25) is 10.0 Å². The first kappa shape index (κ1) is 16.9. The van der Waals surface area contributed by atoms with Crippen LogP contribution in [0.4, 0.5) is 4.39 Å². The van der Waals surface area contributed by atoms with Gasteiger partial charge < -0.3 is 4.74 Å². The van der Waals surface area contributed by atoms with Crippen LogP contribution in [0.15, 0.2) is 23.1 Å². The van der Waals surface area contributed by atoms with Crippen molar-refractivity contribution in [3.63, 3.8) is 0 Å². The SMILES string of the molecule is COCCN(C1CCCC1)S(=O)(=O)c1ccc(F)c(C#N)c1. The lowest BCUT2D eigenvalue weighted by molar-refractivity contribution is 0.166. The molecule has 0 unspecified atom stereocenters. The fourth-order valence-corrected chi connectivity index (χ4v) is 4.45. The second-order valence-corrected chi connectivity index (χ2v) is 7.19. The van der Waals surface area contributed by atoms with Gasteiger partial charge in [0.25, 0.3) is 0 Å². The number of sulfonamides is 1. The van der Waals surface area contributed by atoms with E-state index in [2.05, 4.69) is 0 Å². The predicted octanol–water partition coefficient (Wildman–Crippen LogP) is 2.28. The lowest BCUT2D eigenvalue weighted by atomic mass is 10.2. The van der Waals surface area contributed by atoms with Gasteiger partial charge in [-0.3, -0.25) is 0 Å². The monoisotopic (exact) mass is 326 g/mol. The number of rotatable bonds is 6. The predicted molar refractivity (Wildman–Crippen MR) is 79.1 cm³/mol. The van der Waals surface area contributed by atoms with Crippen LogP contribution in [0.3, 0.4) is 0 Å². The fourth-order valence-electron chi connectivity index (χ4n) is 2.76. The van der Waals surface area contributed by atoms with E-state index >= 15 is 0 Å². The summed E-state index contributed by atoms with van der Waals surface area (Å²) in [6.07, 6.45) is 3.62. The normalized spacial score (nSPS) is 16.1. The molecule has 7 heteroatoms. The lowest BCUT2D eigenvalue weighted by Crippen LogP contribution is -2.40. The first-order valence-electron chi connectivity index (χ1n) is 7.21. The number of halogens is 1. The van der Waals surface area contributed by atoms with E-state index in [-0.39, 0.29) is 23.0 Å². The third-order valence-electron chi connectivity index (χ3n) is 3.91. The van der Waals surface area contributed by atoms with Gasteiger partial charge in [-0.05, 0) is 31.0 Å². The van der Waals surface area contributed by atoms with E-state index in [0.29, 0.717) is 6.61 Å². The summed E-state index contributed by atoms with van der Waals surface area (Å²) >= 11 is 0. The summed E-state index contributed by atoms with van der Waals surface area (Å²) in [4.78, 5) is -0.0477. The number of nitrogens with zero attached hydrogens (tertiary/aromatic N) is 2. The summed E-state index contributed by atoms with van der Waals surface area (Å²) in [7, 11) is -2.25. The van der Waals surface area contributed by atoms with Crippen LogP contribution in [0, 0.1) is 17.1 Å². The highest BCUT2D eigenvalue weighted by Gasteiger charge is 2.33. The number of benzene rings is 1. The molecular weight excluding hydrogens is 307 g/mol. The second kappa shape index (κ2) is 7.18. The van der Waals surface area contributed by atoms with E-state index in [0.717, 1.165) is 37.8 Å². The van der Waals surface area contributed by atoms with Crippen molar-refractivity contribution in [2.75, 3.05) is 20.3 Å². The minimum absolute atomic E-state index is 0.0477. The van der Waals surface area contributed by atoms with Crippen molar-refractivity contribution in [1.82, 2.24) is 4.31 Å². The molecule has 0 heterocycles. The molecule has 0 saturated heterocycles. The van der Waals surface area contributed by atoms with Crippen LogP contribution in [-0.4, -0.2) is 39.0 Å². The van der Waals surface area contributed by atoms with E-state index in [1.165, 1.54) is 17.5 Å². The molecule has 120 valence electrons. The van der Waals surface area contributed by atoms with Crippen molar-refractivity contribution >= 4 is 10.0 Å². The molecule has 2 rings (SSSR count). The number of nitriles is 1. The molecule has 0 N–H and O–H groups in total. The van der Waals surface area contributed by atoms with Crippen LogP contribution in [-0.2, 0) is 14.8 Å². The molecule has 1 aromatic rings. The largest absolute Gasteiger partial charge is 0.383 e. The molecule has 1 aliphatic carbocycles. The van der Waals surface area contributed by atoms with E-state index in [9.17, 15) is 12.8 Å². The van der Waals surface area contributed by atoms with Gasteiger partial charge in [-0.25, -0.2) is 12.8 Å². The van der Waals surface area contributed by atoms with E-state index in [1.807, 2.05) is 0 Å². The minimum atomic E-state index is -3.77. The Morgan fingerprint density at radius 1 is 1.41 bits per heavy atom. The molecule has 0 spiro atoms. The van der Waals surface area contributed by atoms with Gasteiger partial charge in [0.1, 0.15) is 11.9 Å². The Hall–Kier alpha value is -1.49. The van der Waals surface area contributed by atoms with Crippen LogP contribution in [0.1, 0.15) is 31.2 Å². The topological polar surface area (TPSA) is 70.4 Å². The number of methoxy groups -OCH3 is 1. The van der Waals surface area contributed by atoms with Crippen molar-refractivity contribution in [1.29, 1.82) is 5.26 Å². The van der Waals surface area contributed by atoms with Crippen LogP contribution in [0.25, 0.3) is 0 Å². The molecule has 0 aliphatic heterocycles. The number of hydrogen-bond donors (Lipinski definition) is 0. The molecule has 0 aromatic heterocycles. The van der Waals surface area contributed by atoms with E-state index < -0.39 is 15.8 Å². The lowest BCUT2D eigenvalue weighted by Gasteiger charge is -2.27. The third kappa shape index (κ3) is 3.46. The average Bonchev–Trinajstić information content (AvgIpc) is 3.01. The molecule has 1 aliphatic rings. The first-order chi connectivity index (χ1) is 10.5. The molecule has 1 saturated carbocycles. The molecule has 0 radical (unpaired) electrons. The van der Waals surface area contributed by atoms with Crippen LogP contribution in [0.5, 0.6) is 0 Å². The van der Waals surface area contributed by atoms with E-state index in [4.69, 9.17) is 10.00 Å². The minimum Gasteiger partial charge on any atom is -0.383 e. The molecule has 1 fully saturated rings. The van der Waals surface area contributed by atoms with Gasteiger partial charge in [-0.2, -0.15) is 9.57 Å². The summed E-state index contributed by atoms with van der Waals surface area (Å²) in [5.74, 6) is -0.717. The average molecular weight is 326 g/mol. The quantitative estimate of drug-likeness (QED) is 0.804. The Morgan fingerprint density at radius 2 is 2.09 bits per heavy atom. The van der Waals surface area contributed by atoms with Gasteiger partial charge in [0, 0.05) is 19.7 Å². The van der Waals surface area contributed by atoms with Crippen molar-refractivity contribution in [3.8, 4) is 6.07 Å². The van der Waals surface area contributed by atoms with Crippen molar-refractivity contribution < 1.29 is 17.5 Å². The maximum absolute atomic E-state index is 13.4. The standard InChI is InChI=1S/C15H19FN2O3S/c1-21-9-8-18(13-4-2-3-5-13)22(19,20)14-6-7-15(16)12(10-14)11-17/h6-7,10,13H,2-5,8-9H2,1H3. The second-order valence-electron chi connectivity index (χ2n) is 5.30. The highest BCUT2D eigenvalue weighted by Crippen LogP contribution is 2.29. The molecule has 0 amide bonds. The zero-order chi connectivity index (χ0) is 16.2. The molecular formula is C15H19FN2O3S. The van der Waals surface area contributed by atoms with Gasteiger partial charge in [0.05, 0.1) is 17.1 Å². The maximum atomic E-state index is 13.4. The van der Waals surface area contributed by atoms with Crippen molar-refractivity contribution in [3.05, 3.63) is 29.6 Å². The van der Waals surface area contributed by atoms with Crippen LogP contribution < -0.4 is 0 Å². The van der Waals surface area contributed by atoms with Crippen molar-refractivity contribution in [2.45, 2.75) is 36.6 Å². The Balaban J connectivity index is 2.37. The summed E-state index contributed by atoms with van der Waals surface area (Å²) in [5.41, 5.74) is -0.265. The Morgan fingerprint density at radius 3 is 2.68 bits per heavy atom. The summed E-state index contributed by atoms with van der Waals surface area (Å²) in [5, 5.41) is 8.88. The Bertz CT molecular complexity index is 664. The third-order valence-corrected chi connectivity index (χ3v) is 5.86. The smallest absolute Gasteiger partial charge is 0.243 e. The zero-order valence-electron chi connectivity index (χ0n) is 12.5. The molecule has 22 heavy (non-hydrogen) atoms. The van der Waals surface area contributed by atoms with Crippen molar-refractivity contribution in [2.24, 2.45) is 0 Å². The molecule has 5 nitrogen and oxygen atoms in total. The summed E-state index contributed by atoms with van der Waals surface area (Å²) in [6, 6.07) is 4.94. The van der Waals surface area contributed by atoms with Gasteiger partial charge in [-0.15, -0.1) is 0 Å². The maximum Gasteiger partial charge on any atom is 0.243 e. The Kier molecular flexibility index (Phi) is 5.51. The zero-order valence-corrected chi connectivity index (χ0v) is 13.3. The first-order valence-corrected chi connectivity index (χ1v) is 8.65. The van der Waals surface area contributed by atoms with Gasteiger partial charge in [0.15, 0.2) is 0 Å². The van der Waals surface area contributed by atoms with Crippen LogP contribution in [0.2, 0.25) is 0 Å².